The monoisotopic (exact) mass is 466 g/mol. The second kappa shape index (κ2) is 8.66. The molecule has 1 saturated carbocycles. The first kappa shape index (κ1) is 22.8. The highest BCUT2D eigenvalue weighted by molar-refractivity contribution is 6.33. The molecular weight excluding hydrogens is 440 g/mol. The Morgan fingerprint density at radius 3 is 2.34 bits per heavy atom. The van der Waals surface area contributed by atoms with E-state index in [0.717, 1.165) is 27.8 Å². The summed E-state index contributed by atoms with van der Waals surface area (Å²) >= 11 is 0. The van der Waals surface area contributed by atoms with Crippen molar-refractivity contribution in [3.8, 4) is 0 Å². The summed E-state index contributed by atoms with van der Waals surface area (Å²) in [5, 5.41) is 0. The van der Waals surface area contributed by atoms with Gasteiger partial charge in [-0.25, -0.2) is 4.79 Å². The zero-order valence-corrected chi connectivity index (χ0v) is 20.0. The predicted molar refractivity (Wildman–Crippen MR) is 132 cm³/mol. The number of carbonyl (C=O) groups excluding carboxylic acids is 3. The van der Waals surface area contributed by atoms with Gasteiger partial charge in [-0.3, -0.25) is 9.59 Å². The highest BCUT2D eigenvalue weighted by Crippen LogP contribution is 2.52. The van der Waals surface area contributed by atoms with Gasteiger partial charge >= 0.3 is 5.97 Å². The Bertz CT molecular complexity index is 1370. The minimum atomic E-state index is -0.814. The second-order valence-electron chi connectivity index (χ2n) is 9.22. The van der Waals surface area contributed by atoms with E-state index in [4.69, 9.17) is 9.47 Å². The Morgan fingerprint density at radius 2 is 1.66 bits per heavy atom. The topological polar surface area (TPSA) is 69.7 Å². The molecule has 176 valence electrons. The van der Waals surface area contributed by atoms with E-state index in [-0.39, 0.29) is 11.6 Å². The Hall–Kier alpha value is -3.99. The molecule has 0 saturated heterocycles. The SMILES string of the molecule is C=C(C)OC1C(=O)/C(=C2\CC3=CC(C)=C(C(=O)OC)C(c4ccccc4)C3C2=O)c2ccccc21. The van der Waals surface area contributed by atoms with Gasteiger partial charge < -0.3 is 9.47 Å². The molecular formula is C30H26O5. The fourth-order valence-corrected chi connectivity index (χ4v) is 5.65. The summed E-state index contributed by atoms with van der Waals surface area (Å²) in [4.78, 5) is 40.5. The number of hydrogen-bond acceptors (Lipinski definition) is 5. The maximum atomic E-state index is 14.1. The number of methoxy groups -OCH3 is 1. The van der Waals surface area contributed by atoms with Crippen LogP contribution in [-0.4, -0.2) is 24.6 Å². The zero-order chi connectivity index (χ0) is 24.9. The van der Waals surface area contributed by atoms with Gasteiger partial charge in [-0.15, -0.1) is 0 Å². The summed E-state index contributed by atoms with van der Waals surface area (Å²) in [5.74, 6) is -1.43. The van der Waals surface area contributed by atoms with Crippen molar-refractivity contribution in [2.75, 3.05) is 7.11 Å². The highest BCUT2D eigenvalue weighted by atomic mass is 16.5. The van der Waals surface area contributed by atoms with E-state index in [0.29, 0.717) is 28.9 Å². The lowest BCUT2D eigenvalue weighted by Gasteiger charge is -2.30. The molecule has 5 heteroatoms. The molecule has 0 aromatic heterocycles. The number of hydrogen-bond donors (Lipinski definition) is 0. The third kappa shape index (κ3) is 3.59. The van der Waals surface area contributed by atoms with E-state index in [1.807, 2.05) is 67.6 Å². The van der Waals surface area contributed by atoms with E-state index < -0.39 is 23.9 Å². The van der Waals surface area contributed by atoms with Gasteiger partial charge in [-0.05, 0) is 37.0 Å². The number of carbonyl (C=O) groups is 3. The molecule has 0 heterocycles. The molecule has 35 heavy (non-hydrogen) atoms. The average Bonchev–Trinajstić information content (AvgIpc) is 3.31. The van der Waals surface area contributed by atoms with Gasteiger partial charge in [-0.1, -0.05) is 72.8 Å². The maximum absolute atomic E-state index is 14.1. The Kier molecular flexibility index (Phi) is 5.64. The van der Waals surface area contributed by atoms with Crippen molar-refractivity contribution in [1.29, 1.82) is 0 Å². The maximum Gasteiger partial charge on any atom is 0.334 e. The van der Waals surface area contributed by atoms with Crippen LogP contribution >= 0.6 is 0 Å². The molecule has 3 unspecified atom stereocenters. The lowest BCUT2D eigenvalue weighted by atomic mass is 9.72. The number of allylic oxidation sites excluding steroid dienone is 5. The lowest BCUT2D eigenvalue weighted by molar-refractivity contribution is -0.136. The number of rotatable bonds is 4. The normalized spacial score (nSPS) is 25.2. The largest absolute Gasteiger partial charge is 0.483 e. The first-order valence-corrected chi connectivity index (χ1v) is 11.6. The van der Waals surface area contributed by atoms with E-state index in [2.05, 4.69) is 6.58 Å². The van der Waals surface area contributed by atoms with E-state index in [1.165, 1.54) is 7.11 Å². The summed E-state index contributed by atoms with van der Waals surface area (Å²) in [7, 11) is 1.35. The molecule has 0 N–H and O–H groups in total. The Balaban J connectivity index is 1.67. The minimum Gasteiger partial charge on any atom is -0.483 e. The molecule has 2 aromatic rings. The van der Waals surface area contributed by atoms with Crippen LogP contribution in [0.25, 0.3) is 5.57 Å². The fraction of sp³-hybridized carbons (Fsp3) is 0.233. The second-order valence-corrected chi connectivity index (χ2v) is 9.22. The van der Waals surface area contributed by atoms with Crippen molar-refractivity contribution in [3.05, 3.63) is 112 Å². The van der Waals surface area contributed by atoms with Gasteiger partial charge in [0.15, 0.2) is 11.9 Å². The van der Waals surface area contributed by atoms with Crippen molar-refractivity contribution < 1.29 is 23.9 Å². The molecule has 0 radical (unpaired) electrons. The summed E-state index contributed by atoms with van der Waals surface area (Å²) < 4.78 is 10.9. The van der Waals surface area contributed by atoms with Gasteiger partial charge in [0, 0.05) is 28.2 Å². The molecule has 3 aliphatic carbocycles. The van der Waals surface area contributed by atoms with Crippen LogP contribution in [0.5, 0.6) is 0 Å². The smallest absolute Gasteiger partial charge is 0.334 e. The molecule has 0 spiro atoms. The Morgan fingerprint density at radius 1 is 0.971 bits per heavy atom. The van der Waals surface area contributed by atoms with E-state index in [9.17, 15) is 14.4 Å². The lowest BCUT2D eigenvalue weighted by Crippen LogP contribution is -2.28. The van der Waals surface area contributed by atoms with Gasteiger partial charge in [0.25, 0.3) is 0 Å². The number of esters is 1. The molecule has 0 amide bonds. The molecule has 3 aliphatic rings. The molecule has 5 rings (SSSR count). The number of ether oxygens (including phenoxy) is 2. The van der Waals surface area contributed by atoms with Crippen LogP contribution in [0, 0.1) is 5.92 Å². The zero-order valence-electron chi connectivity index (χ0n) is 20.0. The minimum absolute atomic E-state index is 0.131. The van der Waals surface area contributed by atoms with Crippen LogP contribution in [-0.2, 0) is 23.9 Å². The van der Waals surface area contributed by atoms with Crippen LogP contribution in [0.4, 0.5) is 0 Å². The van der Waals surface area contributed by atoms with Crippen molar-refractivity contribution >= 4 is 23.1 Å². The first-order chi connectivity index (χ1) is 16.8. The molecule has 1 fully saturated rings. The van der Waals surface area contributed by atoms with E-state index >= 15 is 0 Å². The molecule has 5 nitrogen and oxygen atoms in total. The van der Waals surface area contributed by atoms with Crippen LogP contribution in [0.3, 0.4) is 0 Å². The first-order valence-electron chi connectivity index (χ1n) is 11.6. The number of ketones is 2. The standard InChI is InChI=1S/C30H26O5/c1-16(2)35-29-21-13-9-8-12-20(21)26(28(29)32)22-15-19-14-17(3)23(30(33)34-4)24(25(19)27(22)31)18-10-6-5-7-11-18/h5-14,24-25,29H,1,15H2,2-4H3/b26-22+. The summed E-state index contributed by atoms with van der Waals surface area (Å²) in [5.41, 5.74) is 5.38. The average molecular weight is 467 g/mol. The van der Waals surface area contributed by atoms with Crippen LogP contribution in [0.2, 0.25) is 0 Å². The van der Waals surface area contributed by atoms with Crippen LogP contribution < -0.4 is 0 Å². The number of Topliss-reactive ketones (excluding diaryl/α,β-unsaturated/α-hetero) is 2. The van der Waals surface area contributed by atoms with Crippen molar-refractivity contribution in [3.63, 3.8) is 0 Å². The molecule has 0 bridgehead atoms. The fourth-order valence-electron chi connectivity index (χ4n) is 5.65. The van der Waals surface area contributed by atoms with Crippen molar-refractivity contribution in [2.24, 2.45) is 5.92 Å². The van der Waals surface area contributed by atoms with Crippen molar-refractivity contribution in [1.82, 2.24) is 0 Å². The molecule has 0 aliphatic heterocycles. The van der Waals surface area contributed by atoms with Crippen molar-refractivity contribution in [2.45, 2.75) is 32.3 Å². The summed E-state index contributed by atoms with van der Waals surface area (Å²) in [6.07, 6.45) is 1.45. The van der Waals surface area contributed by atoms with Crippen LogP contribution in [0.1, 0.15) is 49.0 Å². The third-order valence-corrected chi connectivity index (χ3v) is 7.01. The third-order valence-electron chi connectivity index (χ3n) is 7.01. The van der Waals surface area contributed by atoms with Gasteiger partial charge in [0.2, 0.25) is 5.78 Å². The van der Waals surface area contributed by atoms with Gasteiger partial charge in [0.05, 0.1) is 18.8 Å². The molecule has 2 aromatic carbocycles. The van der Waals surface area contributed by atoms with E-state index in [1.54, 1.807) is 6.92 Å². The number of fused-ring (bicyclic) bond motifs is 2. The Labute approximate surface area is 204 Å². The highest BCUT2D eigenvalue weighted by Gasteiger charge is 2.49. The predicted octanol–water partition coefficient (Wildman–Crippen LogP) is 5.42. The molecule has 3 atom stereocenters. The van der Waals surface area contributed by atoms with Gasteiger partial charge in [-0.2, -0.15) is 0 Å². The number of benzene rings is 2. The van der Waals surface area contributed by atoms with Crippen LogP contribution in [0.15, 0.2) is 95.3 Å². The van der Waals surface area contributed by atoms with Gasteiger partial charge in [0.1, 0.15) is 0 Å². The summed E-state index contributed by atoms with van der Waals surface area (Å²) in [6.45, 7) is 7.36. The quantitative estimate of drug-likeness (QED) is 0.342. The summed E-state index contributed by atoms with van der Waals surface area (Å²) in [6, 6.07) is 17.0.